The van der Waals surface area contributed by atoms with Crippen LogP contribution in [0.4, 0.5) is 5.69 Å². The zero-order valence-corrected chi connectivity index (χ0v) is 17.7. The summed E-state index contributed by atoms with van der Waals surface area (Å²) < 4.78 is 0. The van der Waals surface area contributed by atoms with Crippen LogP contribution in [0.1, 0.15) is 37.7 Å². The van der Waals surface area contributed by atoms with Crippen molar-refractivity contribution in [3.05, 3.63) is 29.8 Å². The molecule has 1 heterocycles. The van der Waals surface area contributed by atoms with E-state index in [2.05, 4.69) is 10.2 Å². The highest BCUT2D eigenvalue weighted by atomic mass is 35.5. The van der Waals surface area contributed by atoms with Gasteiger partial charge in [-0.1, -0.05) is 31.0 Å². The van der Waals surface area contributed by atoms with Gasteiger partial charge < -0.3 is 11.1 Å². The summed E-state index contributed by atoms with van der Waals surface area (Å²) in [4.78, 5) is 15.0. The molecule has 0 aromatic heterocycles. The fourth-order valence-corrected chi connectivity index (χ4v) is 4.94. The number of hydrogen-bond acceptors (Lipinski definition) is 4. The number of carbonyl (C=O) groups excluding carboxylic acids is 1. The Balaban J connectivity index is 0.00000169. The lowest BCUT2D eigenvalue weighted by atomic mass is 9.94. The summed E-state index contributed by atoms with van der Waals surface area (Å²) in [5.41, 5.74) is 8.02. The van der Waals surface area contributed by atoms with Gasteiger partial charge in [-0.2, -0.15) is 11.8 Å². The van der Waals surface area contributed by atoms with E-state index in [-0.39, 0.29) is 36.3 Å². The van der Waals surface area contributed by atoms with E-state index in [0.29, 0.717) is 12.8 Å². The van der Waals surface area contributed by atoms with Crippen LogP contribution in [0.25, 0.3) is 0 Å². The molecule has 0 atom stereocenters. The molecule has 1 saturated heterocycles. The van der Waals surface area contributed by atoms with Crippen LogP contribution in [0.2, 0.25) is 0 Å². The zero-order chi connectivity index (χ0) is 16.8. The van der Waals surface area contributed by atoms with Crippen LogP contribution in [-0.2, 0) is 11.2 Å². The van der Waals surface area contributed by atoms with Gasteiger partial charge in [-0.25, -0.2) is 0 Å². The third-order valence-corrected chi connectivity index (χ3v) is 6.45. The van der Waals surface area contributed by atoms with E-state index in [0.717, 1.165) is 17.8 Å². The van der Waals surface area contributed by atoms with Gasteiger partial charge in [0, 0.05) is 48.8 Å². The number of nitrogens with one attached hydrogen (secondary N) is 1. The van der Waals surface area contributed by atoms with Gasteiger partial charge in [0.05, 0.1) is 0 Å². The van der Waals surface area contributed by atoms with Crippen molar-refractivity contribution in [3.8, 4) is 0 Å². The number of anilines is 1. The summed E-state index contributed by atoms with van der Waals surface area (Å²) >= 11 is 2.05. The summed E-state index contributed by atoms with van der Waals surface area (Å²) in [7, 11) is 0. The van der Waals surface area contributed by atoms with E-state index in [9.17, 15) is 4.79 Å². The number of halogens is 2. The molecule has 1 aliphatic carbocycles. The van der Waals surface area contributed by atoms with Crippen molar-refractivity contribution in [1.82, 2.24) is 10.2 Å². The Morgan fingerprint density at radius 3 is 2.46 bits per heavy atom. The molecule has 0 unspecified atom stereocenters. The number of hydrogen-bond donors (Lipinski definition) is 2. The number of carbonyl (C=O) groups is 1. The second-order valence-electron chi connectivity index (χ2n) is 7.01. The van der Waals surface area contributed by atoms with E-state index in [1.807, 2.05) is 36.0 Å². The number of rotatable bonds is 6. The van der Waals surface area contributed by atoms with Crippen molar-refractivity contribution in [2.75, 3.05) is 36.9 Å². The molecule has 1 aromatic rings. The number of nitrogens with zero attached hydrogens (tertiary/aromatic N) is 1. The summed E-state index contributed by atoms with van der Waals surface area (Å²) in [5.74, 6) is 2.60. The molecule has 0 spiro atoms. The third kappa shape index (κ3) is 5.95. The topological polar surface area (TPSA) is 58.4 Å². The molecule has 1 amide bonds. The summed E-state index contributed by atoms with van der Waals surface area (Å²) in [6, 6.07) is 7.81. The highest BCUT2D eigenvalue weighted by molar-refractivity contribution is 7.99. The van der Waals surface area contributed by atoms with Crippen molar-refractivity contribution >= 4 is 48.2 Å². The van der Waals surface area contributed by atoms with E-state index < -0.39 is 0 Å². The van der Waals surface area contributed by atoms with Gasteiger partial charge >= 0.3 is 0 Å². The Labute approximate surface area is 173 Å². The van der Waals surface area contributed by atoms with Crippen LogP contribution >= 0.6 is 36.6 Å². The average Bonchev–Trinajstić information content (AvgIpc) is 3.10. The first kappa shape index (κ1) is 23.4. The minimum absolute atomic E-state index is 0. The maximum absolute atomic E-state index is 12.3. The molecule has 0 bridgehead atoms. The molecule has 3 rings (SSSR count). The molecule has 1 aromatic carbocycles. The standard InChI is InChI=1S/C19H29N3OS.2ClH/c20-17-6-2-1-5-16(17)7-8-18(23)21-15-19(9-3-4-10-19)22-11-13-24-14-12-22;;/h1-2,5-6H,3-4,7-15,20H2,(H,21,23);2*1H. The molecule has 26 heavy (non-hydrogen) atoms. The van der Waals surface area contributed by atoms with Crippen molar-refractivity contribution in [3.63, 3.8) is 0 Å². The molecule has 148 valence electrons. The quantitative estimate of drug-likeness (QED) is 0.692. The Kier molecular flexibility index (Phi) is 10.2. The van der Waals surface area contributed by atoms with Crippen LogP contribution in [-0.4, -0.2) is 47.5 Å². The van der Waals surface area contributed by atoms with Crippen LogP contribution in [0, 0.1) is 0 Å². The predicted molar refractivity (Wildman–Crippen MR) is 117 cm³/mol. The highest BCUT2D eigenvalue weighted by Crippen LogP contribution is 2.36. The van der Waals surface area contributed by atoms with Crippen LogP contribution in [0.15, 0.2) is 24.3 Å². The minimum Gasteiger partial charge on any atom is -0.399 e. The third-order valence-electron chi connectivity index (χ3n) is 5.51. The maximum atomic E-state index is 12.3. The van der Waals surface area contributed by atoms with Crippen molar-refractivity contribution in [2.45, 2.75) is 44.1 Å². The number of benzene rings is 1. The normalized spacial score (nSPS) is 19.2. The van der Waals surface area contributed by atoms with Gasteiger partial charge in [-0.05, 0) is 30.9 Å². The van der Waals surface area contributed by atoms with E-state index in [1.54, 1.807) is 0 Å². The molecular weight excluding hydrogens is 389 g/mol. The second kappa shape index (κ2) is 11.3. The van der Waals surface area contributed by atoms with E-state index in [4.69, 9.17) is 5.73 Å². The van der Waals surface area contributed by atoms with Gasteiger partial charge in [0.25, 0.3) is 0 Å². The smallest absolute Gasteiger partial charge is 0.220 e. The minimum atomic E-state index is 0. The number of aryl methyl sites for hydroxylation is 1. The van der Waals surface area contributed by atoms with Gasteiger partial charge in [-0.3, -0.25) is 9.69 Å². The van der Waals surface area contributed by atoms with Crippen molar-refractivity contribution in [2.24, 2.45) is 0 Å². The summed E-state index contributed by atoms with van der Waals surface area (Å²) in [6.45, 7) is 3.14. The molecule has 2 fully saturated rings. The molecule has 7 heteroatoms. The Morgan fingerprint density at radius 2 is 1.81 bits per heavy atom. The Hall–Kier alpha value is -0.620. The van der Waals surface area contributed by atoms with E-state index in [1.165, 1.54) is 50.3 Å². The zero-order valence-electron chi connectivity index (χ0n) is 15.2. The highest BCUT2D eigenvalue weighted by Gasteiger charge is 2.40. The molecule has 4 nitrogen and oxygen atoms in total. The fraction of sp³-hybridized carbons (Fsp3) is 0.632. The maximum Gasteiger partial charge on any atom is 0.220 e. The number of thioether (sulfide) groups is 1. The van der Waals surface area contributed by atoms with Gasteiger partial charge in [0.1, 0.15) is 0 Å². The first-order chi connectivity index (χ1) is 11.7. The molecule has 3 N–H and O–H groups in total. The first-order valence-electron chi connectivity index (χ1n) is 9.12. The monoisotopic (exact) mass is 419 g/mol. The van der Waals surface area contributed by atoms with Crippen LogP contribution in [0.3, 0.4) is 0 Å². The number of nitrogen functional groups attached to an aromatic ring is 1. The second-order valence-corrected chi connectivity index (χ2v) is 8.23. The number of amides is 1. The van der Waals surface area contributed by atoms with Gasteiger partial charge in [-0.15, -0.1) is 24.8 Å². The number of nitrogens with two attached hydrogens (primary N) is 1. The molecule has 1 aliphatic heterocycles. The van der Waals surface area contributed by atoms with Crippen LogP contribution in [0.5, 0.6) is 0 Å². The molecule has 2 aliphatic rings. The molecule has 0 radical (unpaired) electrons. The first-order valence-corrected chi connectivity index (χ1v) is 10.3. The lowest BCUT2D eigenvalue weighted by molar-refractivity contribution is -0.121. The van der Waals surface area contributed by atoms with Crippen LogP contribution < -0.4 is 11.1 Å². The van der Waals surface area contributed by atoms with Crippen molar-refractivity contribution in [1.29, 1.82) is 0 Å². The fourth-order valence-electron chi connectivity index (χ4n) is 4.04. The number of para-hydroxylation sites is 1. The van der Waals surface area contributed by atoms with Crippen molar-refractivity contribution < 1.29 is 4.79 Å². The lowest BCUT2D eigenvalue weighted by Crippen LogP contribution is -2.56. The molecule has 1 saturated carbocycles. The average molecular weight is 420 g/mol. The van der Waals surface area contributed by atoms with E-state index >= 15 is 0 Å². The molecular formula is C19H31Cl2N3OS. The lowest BCUT2D eigenvalue weighted by Gasteiger charge is -2.43. The summed E-state index contributed by atoms with van der Waals surface area (Å²) in [6.07, 6.45) is 6.26. The summed E-state index contributed by atoms with van der Waals surface area (Å²) in [5, 5.41) is 3.22. The largest absolute Gasteiger partial charge is 0.399 e. The van der Waals surface area contributed by atoms with Gasteiger partial charge in [0.2, 0.25) is 5.91 Å². The SMILES string of the molecule is Cl.Cl.Nc1ccccc1CCC(=O)NCC1(N2CCSCC2)CCCC1. The Morgan fingerprint density at radius 1 is 1.15 bits per heavy atom. The Bertz CT molecular complexity index is 561. The predicted octanol–water partition coefficient (Wildman–Crippen LogP) is 3.52. The van der Waals surface area contributed by atoms with Gasteiger partial charge in [0.15, 0.2) is 0 Å².